The van der Waals surface area contributed by atoms with Crippen molar-refractivity contribution < 1.29 is 9.53 Å². The summed E-state index contributed by atoms with van der Waals surface area (Å²) in [5.74, 6) is 0.465. The minimum Gasteiger partial charge on any atom is -0.497 e. The van der Waals surface area contributed by atoms with Crippen LogP contribution in [0.25, 0.3) is 11.3 Å². The Morgan fingerprint density at radius 3 is 2.76 bits per heavy atom. The zero-order chi connectivity index (χ0) is 23.5. The summed E-state index contributed by atoms with van der Waals surface area (Å²) >= 11 is 7.42. The summed E-state index contributed by atoms with van der Waals surface area (Å²) in [6.45, 7) is 3.82. The van der Waals surface area contributed by atoms with Gasteiger partial charge in [-0.25, -0.2) is 0 Å². The number of rotatable bonds is 7. The Hall–Kier alpha value is -3.30. The molecule has 2 aromatic heterocycles. The highest BCUT2D eigenvalue weighted by molar-refractivity contribution is 8.00. The first-order valence-electron chi connectivity index (χ1n) is 10.3. The van der Waals surface area contributed by atoms with Gasteiger partial charge in [-0.05, 0) is 43.2 Å². The average molecular weight is 484 g/mol. The Labute approximate surface area is 199 Å². The summed E-state index contributed by atoms with van der Waals surface area (Å²) < 4.78 is 8.32. The maximum absolute atomic E-state index is 13.0. The quantitative estimate of drug-likeness (QED) is 0.393. The fourth-order valence-electron chi connectivity index (χ4n) is 3.25. The van der Waals surface area contributed by atoms with E-state index in [1.54, 1.807) is 48.2 Å². The smallest absolute Gasteiger partial charge is 0.300 e. The summed E-state index contributed by atoms with van der Waals surface area (Å²) in [5.41, 5.74) is 2.06. The molecule has 0 spiro atoms. The van der Waals surface area contributed by atoms with E-state index in [1.807, 2.05) is 32.0 Å². The molecule has 8 nitrogen and oxygen atoms in total. The van der Waals surface area contributed by atoms with Gasteiger partial charge < -0.3 is 10.1 Å². The second-order valence-electron chi connectivity index (χ2n) is 7.32. The van der Waals surface area contributed by atoms with Crippen LogP contribution in [0.15, 0.2) is 64.8 Å². The minimum atomic E-state index is -0.432. The maximum atomic E-state index is 13.0. The molecule has 1 N–H and O–H groups in total. The van der Waals surface area contributed by atoms with Gasteiger partial charge in [0.15, 0.2) is 5.16 Å². The van der Waals surface area contributed by atoms with E-state index >= 15 is 0 Å². The number of hydrogen-bond donors (Lipinski definition) is 1. The van der Waals surface area contributed by atoms with E-state index in [1.165, 1.54) is 16.3 Å². The third-order valence-corrected chi connectivity index (χ3v) is 6.85. The van der Waals surface area contributed by atoms with Crippen LogP contribution in [0.2, 0.25) is 5.02 Å². The Morgan fingerprint density at radius 2 is 2.03 bits per heavy atom. The molecule has 0 aliphatic carbocycles. The number of ether oxygens (including phenoxy) is 1. The van der Waals surface area contributed by atoms with E-state index in [-0.39, 0.29) is 17.1 Å². The topological polar surface area (TPSA) is 90.5 Å². The number of halogens is 1. The number of methoxy groups -OCH3 is 1. The van der Waals surface area contributed by atoms with Crippen LogP contribution in [0.4, 0.5) is 5.69 Å². The van der Waals surface area contributed by atoms with Gasteiger partial charge in [0.2, 0.25) is 11.6 Å². The molecule has 2 heterocycles. The third kappa shape index (κ3) is 4.74. The number of anilines is 1. The lowest BCUT2D eigenvalue weighted by Gasteiger charge is -2.14. The molecule has 170 valence electrons. The third-order valence-electron chi connectivity index (χ3n) is 5.12. The number of nitrogens with zero attached hydrogens (tertiary/aromatic N) is 4. The molecule has 0 aliphatic rings. The SMILES string of the molecule is CC[C@@H](Sc1nnc2c(=O)n(-c3cccc(OC)c3)ccn12)C(=O)Nc1ccc(C)c(Cl)c1. The molecule has 0 radical (unpaired) electrons. The van der Waals surface area contributed by atoms with Gasteiger partial charge in [0.25, 0.3) is 0 Å². The molecule has 0 fully saturated rings. The molecule has 1 amide bonds. The van der Waals surface area contributed by atoms with Gasteiger partial charge in [-0.15, -0.1) is 10.2 Å². The number of thioether (sulfide) groups is 1. The second-order valence-corrected chi connectivity index (χ2v) is 8.90. The standard InChI is InChI=1S/C23H22ClN5O3S/c1-4-19(21(30)25-15-9-8-14(2)18(24)12-15)33-23-27-26-20-22(31)28(10-11-29(20)23)16-6-5-7-17(13-16)32-3/h5-13,19H,4H2,1-3H3,(H,25,30)/t19-/m1/s1. The first kappa shape index (κ1) is 22.9. The summed E-state index contributed by atoms with van der Waals surface area (Å²) in [7, 11) is 1.57. The number of amides is 1. The fourth-order valence-corrected chi connectivity index (χ4v) is 4.37. The largest absolute Gasteiger partial charge is 0.497 e. The first-order chi connectivity index (χ1) is 15.9. The average Bonchev–Trinajstić information content (AvgIpc) is 3.23. The molecule has 1 atom stereocenters. The lowest BCUT2D eigenvalue weighted by molar-refractivity contribution is -0.115. The van der Waals surface area contributed by atoms with Crippen molar-refractivity contribution in [2.75, 3.05) is 12.4 Å². The molecule has 4 aromatic rings. The van der Waals surface area contributed by atoms with Crippen LogP contribution >= 0.6 is 23.4 Å². The molecule has 0 saturated heterocycles. The van der Waals surface area contributed by atoms with E-state index in [2.05, 4.69) is 15.5 Å². The van der Waals surface area contributed by atoms with Gasteiger partial charge in [-0.3, -0.25) is 18.6 Å². The molecule has 0 bridgehead atoms. The highest BCUT2D eigenvalue weighted by atomic mass is 35.5. The van der Waals surface area contributed by atoms with Gasteiger partial charge in [-0.2, -0.15) is 0 Å². The van der Waals surface area contributed by atoms with E-state index in [0.717, 1.165) is 5.56 Å². The summed E-state index contributed by atoms with van der Waals surface area (Å²) in [6, 6.07) is 12.6. The molecule has 0 aliphatic heterocycles. The predicted octanol–water partition coefficient (Wildman–Crippen LogP) is 4.36. The van der Waals surface area contributed by atoms with Crippen LogP contribution in [0.3, 0.4) is 0 Å². The van der Waals surface area contributed by atoms with Crippen LogP contribution in [0.5, 0.6) is 5.75 Å². The molecule has 2 aromatic carbocycles. The Kier molecular flexibility index (Phi) is 6.71. The lowest BCUT2D eigenvalue weighted by atomic mass is 10.2. The maximum Gasteiger partial charge on any atom is 0.300 e. The highest BCUT2D eigenvalue weighted by Gasteiger charge is 2.22. The number of aryl methyl sites for hydroxylation is 1. The number of fused-ring (bicyclic) bond motifs is 1. The normalized spacial score (nSPS) is 12.0. The molecule has 33 heavy (non-hydrogen) atoms. The summed E-state index contributed by atoms with van der Waals surface area (Å²) in [5, 5.41) is 11.8. The van der Waals surface area contributed by atoms with E-state index in [0.29, 0.717) is 33.7 Å². The van der Waals surface area contributed by atoms with Gasteiger partial charge in [-0.1, -0.05) is 42.4 Å². The van der Waals surface area contributed by atoms with Crippen LogP contribution < -0.4 is 15.6 Å². The van der Waals surface area contributed by atoms with Gasteiger partial charge in [0, 0.05) is 29.2 Å². The zero-order valence-corrected chi connectivity index (χ0v) is 19.9. The van der Waals surface area contributed by atoms with Crippen LogP contribution in [0, 0.1) is 6.92 Å². The van der Waals surface area contributed by atoms with Crippen molar-refractivity contribution in [2.45, 2.75) is 30.7 Å². The van der Waals surface area contributed by atoms with E-state index in [4.69, 9.17) is 16.3 Å². The van der Waals surface area contributed by atoms with E-state index in [9.17, 15) is 9.59 Å². The molecule has 0 saturated carbocycles. The molecular weight excluding hydrogens is 462 g/mol. The summed E-state index contributed by atoms with van der Waals surface area (Å²) in [4.78, 5) is 25.9. The summed E-state index contributed by atoms with van der Waals surface area (Å²) in [6.07, 6.45) is 3.92. The first-order valence-corrected chi connectivity index (χ1v) is 11.5. The van der Waals surface area contributed by atoms with Crippen molar-refractivity contribution in [3.63, 3.8) is 0 Å². The number of carbonyl (C=O) groups excluding carboxylic acids is 1. The Morgan fingerprint density at radius 1 is 1.21 bits per heavy atom. The number of hydrogen-bond acceptors (Lipinski definition) is 6. The van der Waals surface area contributed by atoms with Crippen LogP contribution in [-0.2, 0) is 4.79 Å². The molecule has 10 heteroatoms. The van der Waals surface area contributed by atoms with Crippen molar-refractivity contribution >= 4 is 40.6 Å². The van der Waals surface area contributed by atoms with Gasteiger partial charge in [0.1, 0.15) is 5.75 Å². The monoisotopic (exact) mass is 483 g/mol. The van der Waals surface area contributed by atoms with Crippen LogP contribution in [-0.4, -0.2) is 37.4 Å². The molecular formula is C23H22ClN5O3S. The fraction of sp³-hybridized carbons (Fsp3) is 0.217. The number of carbonyl (C=O) groups is 1. The lowest BCUT2D eigenvalue weighted by Crippen LogP contribution is -2.25. The second kappa shape index (κ2) is 9.68. The van der Waals surface area contributed by atoms with E-state index < -0.39 is 5.25 Å². The van der Waals surface area contributed by atoms with Crippen molar-refractivity contribution in [1.82, 2.24) is 19.2 Å². The van der Waals surface area contributed by atoms with Crippen molar-refractivity contribution in [3.05, 3.63) is 75.8 Å². The minimum absolute atomic E-state index is 0.170. The van der Waals surface area contributed by atoms with Gasteiger partial charge in [0.05, 0.1) is 18.0 Å². The number of nitrogens with one attached hydrogen (secondary N) is 1. The van der Waals surface area contributed by atoms with Crippen molar-refractivity contribution in [1.29, 1.82) is 0 Å². The van der Waals surface area contributed by atoms with Crippen LogP contribution in [0.1, 0.15) is 18.9 Å². The Bertz CT molecular complexity index is 1380. The highest BCUT2D eigenvalue weighted by Crippen LogP contribution is 2.26. The Balaban J connectivity index is 1.59. The van der Waals surface area contributed by atoms with Crippen molar-refractivity contribution in [2.24, 2.45) is 0 Å². The number of benzene rings is 2. The van der Waals surface area contributed by atoms with Crippen molar-refractivity contribution in [3.8, 4) is 11.4 Å². The zero-order valence-electron chi connectivity index (χ0n) is 18.3. The van der Waals surface area contributed by atoms with Gasteiger partial charge >= 0.3 is 5.56 Å². The predicted molar refractivity (Wildman–Crippen MR) is 130 cm³/mol. The number of aromatic nitrogens is 4. The molecule has 0 unspecified atom stereocenters. The molecule has 4 rings (SSSR count).